The Labute approximate surface area is 144 Å². The molecule has 2 aromatic rings. The van der Waals surface area contributed by atoms with Gasteiger partial charge in [0.25, 0.3) is 11.8 Å². The van der Waals surface area contributed by atoms with E-state index in [1.54, 1.807) is 42.5 Å². The second kappa shape index (κ2) is 8.79. The third kappa shape index (κ3) is 5.17. The molecule has 0 saturated heterocycles. The molecule has 0 saturated carbocycles. The van der Waals surface area contributed by atoms with E-state index in [1.807, 2.05) is 13.0 Å². The van der Waals surface area contributed by atoms with E-state index in [2.05, 4.69) is 10.9 Å². The summed E-state index contributed by atoms with van der Waals surface area (Å²) < 4.78 is 10.8. The van der Waals surface area contributed by atoms with Crippen LogP contribution in [0.2, 0.25) is 5.02 Å². The van der Waals surface area contributed by atoms with Gasteiger partial charge in [-0.3, -0.25) is 20.4 Å². The molecular formula is C17H17ClN2O4. The molecule has 0 heterocycles. The summed E-state index contributed by atoms with van der Waals surface area (Å²) in [5.74, 6) is 0.0647. The topological polar surface area (TPSA) is 76.7 Å². The number of amides is 2. The summed E-state index contributed by atoms with van der Waals surface area (Å²) in [7, 11) is 0. The van der Waals surface area contributed by atoms with Gasteiger partial charge in [-0.15, -0.1) is 0 Å². The number of carbonyl (C=O) groups excluding carboxylic acids is 2. The van der Waals surface area contributed by atoms with Crippen LogP contribution in [0.15, 0.2) is 48.5 Å². The Morgan fingerprint density at radius 1 is 0.958 bits per heavy atom. The lowest BCUT2D eigenvalue weighted by molar-refractivity contribution is -0.123. The summed E-state index contributed by atoms with van der Waals surface area (Å²) in [6.45, 7) is 2.09. The number of halogens is 1. The normalized spacial score (nSPS) is 9.92. The number of para-hydroxylation sites is 2. The fourth-order valence-electron chi connectivity index (χ4n) is 1.82. The van der Waals surface area contributed by atoms with E-state index in [9.17, 15) is 9.59 Å². The third-order valence-electron chi connectivity index (χ3n) is 2.93. The lowest BCUT2D eigenvalue weighted by Crippen LogP contribution is -2.43. The van der Waals surface area contributed by atoms with E-state index >= 15 is 0 Å². The van der Waals surface area contributed by atoms with Crippen LogP contribution in [0.5, 0.6) is 11.5 Å². The van der Waals surface area contributed by atoms with Gasteiger partial charge in [0.1, 0.15) is 0 Å². The molecule has 0 spiro atoms. The van der Waals surface area contributed by atoms with E-state index in [1.165, 1.54) is 0 Å². The lowest BCUT2D eigenvalue weighted by Gasteiger charge is -2.12. The van der Waals surface area contributed by atoms with Crippen LogP contribution in [0.25, 0.3) is 0 Å². The molecule has 24 heavy (non-hydrogen) atoms. The molecule has 0 fully saturated rings. The van der Waals surface area contributed by atoms with Crippen molar-refractivity contribution in [2.75, 3.05) is 13.2 Å². The molecule has 6 nitrogen and oxygen atoms in total. The first-order valence-corrected chi connectivity index (χ1v) is 7.67. The molecule has 7 heteroatoms. The summed E-state index contributed by atoms with van der Waals surface area (Å²) in [4.78, 5) is 23.6. The van der Waals surface area contributed by atoms with Gasteiger partial charge in [0.15, 0.2) is 18.1 Å². The van der Waals surface area contributed by atoms with Crippen LogP contribution in [-0.4, -0.2) is 25.0 Å². The number of nitrogens with one attached hydrogen (secondary N) is 2. The molecule has 0 aliphatic carbocycles. The molecule has 0 atom stereocenters. The third-order valence-corrected chi connectivity index (χ3v) is 3.18. The summed E-state index contributed by atoms with van der Waals surface area (Å²) in [5.41, 5.74) is 4.96. The Morgan fingerprint density at radius 2 is 1.58 bits per heavy atom. The zero-order valence-corrected chi connectivity index (χ0v) is 13.8. The van der Waals surface area contributed by atoms with E-state index < -0.39 is 11.8 Å². The van der Waals surface area contributed by atoms with Crippen molar-refractivity contribution in [3.05, 3.63) is 59.1 Å². The van der Waals surface area contributed by atoms with Crippen molar-refractivity contribution in [3.8, 4) is 11.5 Å². The number of rotatable bonds is 6. The van der Waals surface area contributed by atoms with E-state index in [-0.39, 0.29) is 6.61 Å². The van der Waals surface area contributed by atoms with Gasteiger partial charge in [-0.1, -0.05) is 23.7 Å². The predicted octanol–water partition coefficient (Wildman–Crippen LogP) is 2.58. The molecule has 2 aromatic carbocycles. The number of benzene rings is 2. The van der Waals surface area contributed by atoms with Crippen LogP contribution in [-0.2, 0) is 4.79 Å². The van der Waals surface area contributed by atoms with Crippen molar-refractivity contribution in [1.29, 1.82) is 0 Å². The Hall–Kier alpha value is -2.73. The van der Waals surface area contributed by atoms with Gasteiger partial charge in [-0.05, 0) is 43.3 Å². The van der Waals surface area contributed by atoms with Crippen molar-refractivity contribution in [1.82, 2.24) is 10.9 Å². The number of hydrazine groups is 1. The Morgan fingerprint density at radius 3 is 2.21 bits per heavy atom. The van der Waals surface area contributed by atoms with Gasteiger partial charge < -0.3 is 9.47 Å². The SMILES string of the molecule is CCOc1ccccc1OCC(=O)NNC(=O)c1ccc(Cl)cc1. The van der Waals surface area contributed by atoms with E-state index in [4.69, 9.17) is 21.1 Å². The second-order valence-electron chi connectivity index (χ2n) is 4.68. The minimum atomic E-state index is -0.497. The first-order valence-electron chi connectivity index (χ1n) is 7.29. The highest BCUT2D eigenvalue weighted by Gasteiger charge is 2.09. The molecule has 2 amide bonds. The van der Waals surface area contributed by atoms with E-state index in [0.29, 0.717) is 28.7 Å². The van der Waals surface area contributed by atoms with Crippen molar-refractivity contribution in [2.45, 2.75) is 6.92 Å². The zero-order valence-electron chi connectivity index (χ0n) is 13.0. The Kier molecular flexibility index (Phi) is 6.45. The molecule has 0 aliphatic rings. The van der Waals surface area contributed by atoms with Crippen LogP contribution in [0.4, 0.5) is 0 Å². The van der Waals surface area contributed by atoms with Crippen molar-refractivity contribution in [3.63, 3.8) is 0 Å². The standard InChI is InChI=1S/C17H17ClN2O4/c1-2-23-14-5-3-4-6-15(14)24-11-16(21)19-20-17(22)12-7-9-13(18)10-8-12/h3-10H,2,11H2,1H3,(H,19,21)(H,20,22). The first kappa shape index (κ1) is 17.6. The highest BCUT2D eigenvalue weighted by Crippen LogP contribution is 2.26. The monoisotopic (exact) mass is 348 g/mol. The average molecular weight is 349 g/mol. The first-order chi connectivity index (χ1) is 11.6. The highest BCUT2D eigenvalue weighted by atomic mass is 35.5. The zero-order chi connectivity index (χ0) is 17.4. The second-order valence-corrected chi connectivity index (χ2v) is 5.11. The molecular weight excluding hydrogens is 332 g/mol. The fraction of sp³-hybridized carbons (Fsp3) is 0.176. The summed E-state index contributed by atoms with van der Waals surface area (Å²) in [6, 6.07) is 13.3. The van der Waals surface area contributed by atoms with Crippen molar-refractivity contribution >= 4 is 23.4 Å². The minimum absolute atomic E-state index is 0.259. The van der Waals surface area contributed by atoms with Crippen LogP contribution in [0.3, 0.4) is 0 Å². The van der Waals surface area contributed by atoms with E-state index in [0.717, 1.165) is 0 Å². The highest BCUT2D eigenvalue weighted by molar-refractivity contribution is 6.30. The molecule has 2 rings (SSSR count). The predicted molar refractivity (Wildman–Crippen MR) is 90.2 cm³/mol. The van der Waals surface area contributed by atoms with Crippen LogP contribution in [0, 0.1) is 0 Å². The van der Waals surface area contributed by atoms with Gasteiger partial charge >= 0.3 is 0 Å². The van der Waals surface area contributed by atoms with Crippen LogP contribution >= 0.6 is 11.6 Å². The van der Waals surface area contributed by atoms with Gasteiger partial charge in [-0.25, -0.2) is 0 Å². The minimum Gasteiger partial charge on any atom is -0.490 e. The molecule has 0 aromatic heterocycles. The van der Waals surface area contributed by atoms with Gasteiger partial charge in [0.05, 0.1) is 6.61 Å². The fourth-order valence-corrected chi connectivity index (χ4v) is 1.95. The molecule has 126 valence electrons. The lowest BCUT2D eigenvalue weighted by atomic mass is 10.2. The number of hydrogen-bond acceptors (Lipinski definition) is 4. The molecule has 0 aliphatic heterocycles. The van der Waals surface area contributed by atoms with Gasteiger partial charge in [0.2, 0.25) is 0 Å². The average Bonchev–Trinajstić information content (AvgIpc) is 2.60. The maximum atomic E-state index is 11.8. The van der Waals surface area contributed by atoms with Crippen molar-refractivity contribution in [2.24, 2.45) is 0 Å². The molecule has 0 unspecified atom stereocenters. The quantitative estimate of drug-likeness (QED) is 0.787. The Balaban J connectivity index is 1.81. The van der Waals surface area contributed by atoms with Crippen LogP contribution in [0.1, 0.15) is 17.3 Å². The van der Waals surface area contributed by atoms with Gasteiger partial charge in [0, 0.05) is 10.6 Å². The number of ether oxygens (including phenoxy) is 2. The summed E-state index contributed by atoms with van der Waals surface area (Å²) in [6.07, 6.45) is 0. The molecule has 0 bridgehead atoms. The maximum absolute atomic E-state index is 11.8. The summed E-state index contributed by atoms with van der Waals surface area (Å²) in [5, 5.41) is 0.525. The Bertz CT molecular complexity index is 704. The van der Waals surface area contributed by atoms with Crippen molar-refractivity contribution < 1.29 is 19.1 Å². The molecule has 0 radical (unpaired) electrons. The number of hydrogen-bond donors (Lipinski definition) is 2. The van der Waals surface area contributed by atoms with Crippen LogP contribution < -0.4 is 20.3 Å². The molecule has 2 N–H and O–H groups in total. The summed E-state index contributed by atoms with van der Waals surface area (Å²) >= 11 is 5.75. The maximum Gasteiger partial charge on any atom is 0.276 e. The smallest absolute Gasteiger partial charge is 0.276 e. The van der Waals surface area contributed by atoms with Gasteiger partial charge in [-0.2, -0.15) is 0 Å². The number of carbonyl (C=O) groups is 2. The largest absolute Gasteiger partial charge is 0.490 e.